The number of methoxy groups -OCH3 is 1. The summed E-state index contributed by atoms with van der Waals surface area (Å²) in [7, 11) is 1.70. The molecular weight excluding hydrogens is 224 g/mol. The first kappa shape index (κ1) is 12.5. The first-order valence-electron chi connectivity index (χ1n) is 6.01. The van der Waals surface area contributed by atoms with Crippen molar-refractivity contribution in [2.75, 3.05) is 7.11 Å². The van der Waals surface area contributed by atoms with E-state index in [1.165, 1.54) is 5.56 Å². The summed E-state index contributed by atoms with van der Waals surface area (Å²) >= 11 is 0. The fraction of sp³-hybridized carbons (Fsp3) is 0.250. The molecular formula is C16H18O2. The number of rotatable bonds is 3. The third-order valence-corrected chi connectivity index (χ3v) is 3.17. The molecule has 2 nitrogen and oxygen atoms in total. The van der Waals surface area contributed by atoms with Crippen LogP contribution < -0.4 is 9.47 Å². The van der Waals surface area contributed by atoms with Gasteiger partial charge in [-0.25, -0.2) is 0 Å². The molecule has 0 aromatic heterocycles. The predicted molar refractivity (Wildman–Crippen MR) is 73.7 cm³/mol. The Morgan fingerprint density at radius 3 is 2.17 bits per heavy atom. The van der Waals surface area contributed by atoms with Crippen LogP contribution in [0.2, 0.25) is 0 Å². The van der Waals surface area contributed by atoms with Crippen LogP contribution in [0.4, 0.5) is 0 Å². The first-order valence-corrected chi connectivity index (χ1v) is 6.01. The Labute approximate surface area is 108 Å². The Morgan fingerprint density at radius 2 is 1.56 bits per heavy atom. The minimum atomic E-state index is 0.839. The molecule has 2 aromatic rings. The summed E-state index contributed by atoms with van der Waals surface area (Å²) in [5.41, 5.74) is 3.36. The van der Waals surface area contributed by atoms with Crippen LogP contribution in [-0.4, -0.2) is 7.11 Å². The topological polar surface area (TPSA) is 18.5 Å². The van der Waals surface area contributed by atoms with Crippen molar-refractivity contribution in [2.45, 2.75) is 20.8 Å². The Morgan fingerprint density at radius 1 is 0.889 bits per heavy atom. The molecule has 0 aliphatic heterocycles. The molecule has 0 bridgehead atoms. The van der Waals surface area contributed by atoms with Crippen molar-refractivity contribution in [1.29, 1.82) is 0 Å². The molecule has 2 heteroatoms. The Hall–Kier alpha value is -1.96. The molecule has 0 heterocycles. The van der Waals surface area contributed by atoms with Gasteiger partial charge < -0.3 is 9.47 Å². The van der Waals surface area contributed by atoms with Crippen LogP contribution in [0.1, 0.15) is 16.7 Å². The molecule has 0 spiro atoms. The van der Waals surface area contributed by atoms with Crippen molar-refractivity contribution >= 4 is 0 Å². The Kier molecular flexibility index (Phi) is 3.56. The number of aryl methyl sites for hydroxylation is 1. The first-order chi connectivity index (χ1) is 8.63. The van der Waals surface area contributed by atoms with E-state index in [1.54, 1.807) is 7.11 Å². The maximum atomic E-state index is 5.91. The molecule has 0 saturated carbocycles. The smallest absolute Gasteiger partial charge is 0.134 e. The van der Waals surface area contributed by atoms with Crippen LogP contribution in [0, 0.1) is 20.8 Å². The van der Waals surface area contributed by atoms with Crippen molar-refractivity contribution in [3.8, 4) is 17.2 Å². The molecule has 18 heavy (non-hydrogen) atoms. The molecule has 0 amide bonds. The van der Waals surface area contributed by atoms with Gasteiger partial charge in [-0.05, 0) is 50.1 Å². The maximum Gasteiger partial charge on any atom is 0.134 e. The van der Waals surface area contributed by atoms with Crippen LogP contribution in [0.25, 0.3) is 0 Å². The predicted octanol–water partition coefficient (Wildman–Crippen LogP) is 4.41. The second kappa shape index (κ2) is 5.13. The van der Waals surface area contributed by atoms with Crippen LogP contribution in [0.3, 0.4) is 0 Å². The average Bonchev–Trinajstić information content (AvgIpc) is 2.38. The molecule has 0 aliphatic rings. The summed E-state index contributed by atoms with van der Waals surface area (Å²) in [4.78, 5) is 0. The lowest BCUT2D eigenvalue weighted by atomic mass is 10.0. The van der Waals surface area contributed by atoms with E-state index >= 15 is 0 Å². The molecule has 2 rings (SSSR count). The van der Waals surface area contributed by atoms with E-state index in [2.05, 4.69) is 19.9 Å². The van der Waals surface area contributed by atoms with Gasteiger partial charge in [-0.2, -0.15) is 0 Å². The molecule has 0 atom stereocenters. The molecule has 94 valence electrons. The zero-order valence-corrected chi connectivity index (χ0v) is 11.3. The molecule has 0 N–H and O–H groups in total. The Balaban J connectivity index is 2.43. The highest BCUT2D eigenvalue weighted by atomic mass is 16.5. The lowest BCUT2D eigenvalue weighted by Crippen LogP contribution is -1.97. The SMILES string of the molecule is COc1c(C)c(C)cc(Oc2ccccc2)c1C. The monoisotopic (exact) mass is 242 g/mol. The van der Waals surface area contributed by atoms with Crippen LogP contribution >= 0.6 is 0 Å². The van der Waals surface area contributed by atoms with Gasteiger partial charge in [-0.1, -0.05) is 18.2 Å². The lowest BCUT2D eigenvalue weighted by molar-refractivity contribution is 0.401. The van der Waals surface area contributed by atoms with E-state index in [1.807, 2.05) is 37.3 Å². The molecule has 0 radical (unpaired) electrons. The van der Waals surface area contributed by atoms with Gasteiger partial charge in [0, 0.05) is 5.56 Å². The number of hydrogen-bond donors (Lipinski definition) is 0. The second-order valence-corrected chi connectivity index (χ2v) is 4.39. The summed E-state index contributed by atoms with van der Waals surface area (Å²) in [5, 5.41) is 0. The number of benzene rings is 2. The number of para-hydroxylation sites is 1. The van der Waals surface area contributed by atoms with Gasteiger partial charge >= 0.3 is 0 Å². The van der Waals surface area contributed by atoms with Crippen molar-refractivity contribution in [3.63, 3.8) is 0 Å². The molecule has 2 aromatic carbocycles. The second-order valence-electron chi connectivity index (χ2n) is 4.39. The minimum Gasteiger partial charge on any atom is -0.496 e. The van der Waals surface area contributed by atoms with Crippen molar-refractivity contribution < 1.29 is 9.47 Å². The van der Waals surface area contributed by atoms with E-state index < -0.39 is 0 Å². The van der Waals surface area contributed by atoms with Gasteiger partial charge in [-0.3, -0.25) is 0 Å². The van der Waals surface area contributed by atoms with Crippen molar-refractivity contribution in [2.24, 2.45) is 0 Å². The summed E-state index contributed by atoms with van der Waals surface area (Å²) < 4.78 is 11.4. The maximum absolute atomic E-state index is 5.91. The molecule has 0 saturated heterocycles. The van der Waals surface area contributed by atoms with Gasteiger partial charge in [0.2, 0.25) is 0 Å². The Bertz CT molecular complexity index is 545. The van der Waals surface area contributed by atoms with Gasteiger partial charge in [0.25, 0.3) is 0 Å². The molecule has 0 unspecified atom stereocenters. The van der Waals surface area contributed by atoms with Gasteiger partial charge in [0.1, 0.15) is 17.2 Å². The zero-order valence-electron chi connectivity index (χ0n) is 11.3. The molecule has 0 aliphatic carbocycles. The van der Waals surface area contributed by atoms with E-state index in [9.17, 15) is 0 Å². The standard InChI is InChI=1S/C16H18O2/c1-11-10-15(13(3)16(17-4)12(11)2)18-14-8-6-5-7-9-14/h5-10H,1-4H3. The third-order valence-electron chi connectivity index (χ3n) is 3.17. The van der Waals surface area contributed by atoms with E-state index in [-0.39, 0.29) is 0 Å². The van der Waals surface area contributed by atoms with Gasteiger partial charge in [0.05, 0.1) is 7.11 Å². The summed E-state index contributed by atoms with van der Waals surface area (Å²) in [6.45, 7) is 6.14. The summed E-state index contributed by atoms with van der Waals surface area (Å²) in [6.07, 6.45) is 0. The zero-order chi connectivity index (χ0) is 13.1. The third kappa shape index (κ3) is 2.33. The van der Waals surface area contributed by atoms with E-state index in [4.69, 9.17) is 9.47 Å². The molecule has 0 fully saturated rings. The van der Waals surface area contributed by atoms with Crippen LogP contribution in [0.5, 0.6) is 17.2 Å². The highest BCUT2D eigenvalue weighted by Gasteiger charge is 2.12. The van der Waals surface area contributed by atoms with E-state index in [0.29, 0.717) is 0 Å². The van der Waals surface area contributed by atoms with Crippen LogP contribution in [-0.2, 0) is 0 Å². The van der Waals surface area contributed by atoms with Gasteiger partial charge in [-0.15, -0.1) is 0 Å². The lowest BCUT2D eigenvalue weighted by Gasteiger charge is -2.16. The highest BCUT2D eigenvalue weighted by molar-refractivity contribution is 5.53. The largest absolute Gasteiger partial charge is 0.496 e. The fourth-order valence-electron chi connectivity index (χ4n) is 2.01. The number of hydrogen-bond acceptors (Lipinski definition) is 2. The van der Waals surface area contributed by atoms with Gasteiger partial charge in [0.15, 0.2) is 0 Å². The fourth-order valence-corrected chi connectivity index (χ4v) is 2.01. The highest BCUT2D eigenvalue weighted by Crippen LogP contribution is 2.35. The average molecular weight is 242 g/mol. The quantitative estimate of drug-likeness (QED) is 0.793. The van der Waals surface area contributed by atoms with E-state index in [0.717, 1.165) is 28.4 Å². The normalized spacial score (nSPS) is 10.2. The summed E-state index contributed by atoms with van der Waals surface area (Å²) in [5.74, 6) is 2.59. The van der Waals surface area contributed by atoms with Crippen molar-refractivity contribution in [3.05, 3.63) is 53.1 Å². The summed E-state index contributed by atoms with van der Waals surface area (Å²) in [6, 6.07) is 11.8. The number of ether oxygens (including phenoxy) is 2. The van der Waals surface area contributed by atoms with Crippen LogP contribution in [0.15, 0.2) is 36.4 Å². The minimum absolute atomic E-state index is 0.839. The van der Waals surface area contributed by atoms with Crippen molar-refractivity contribution in [1.82, 2.24) is 0 Å².